The molecular weight excluding hydrogens is 328 g/mol. The smallest absolute Gasteiger partial charge is 0.269 e. The van der Waals surface area contributed by atoms with E-state index in [4.69, 9.17) is 12.2 Å². The molecule has 0 aromatic heterocycles. The van der Waals surface area contributed by atoms with E-state index in [9.17, 15) is 24.8 Å². The third-order valence-electron chi connectivity index (χ3n) is 2.95. The van der Waals surface area contributed by atoms with Crippen molar-refractivity contribution in [2.75, 3.05) is 0 Å². The molecule has 2 rings (SSSR count). The molecule has 1 aromatic carbocycles. The van der Waals surface area contributed by atoms with Gasteiger partial charge in [-0.1, -0.05) is 24.0 Å². The fourth-order valence-corrected chi connectivity index (χ4v) is 3.18. The van der Waals surface area contributed by atoms with Crippen LogP contribution in [0.1, 0.15) is 12.5 Å². The highest BCUT2D eigenvalue weighted by Gasteiger charge is 2.35. The number of amides is 1. The molecule has 1 heterocycles. The van der Waals surface area contributed by atoms with Crippen molar-refractivity contribution in [1.82, 2.24) is 4.90 Å². The van der Waals surface area contributed by atoms with Gasteiger partial charge in [0.05, 0.1) is 21.8 Å². The number of thioether (sulfide) groups is 1. The Bertz CT molecular complexity index is 699. The second kappa shape index (κ2) is 6.24. The van der Waals surface area contributed by atoms with Crippen molar-refractivity contribution in [3.05, 3.63) is 44.8 Å². The number of aliphatic carboxylic acids is 1. The molecule has 7 nitrogen and oxygen atoms in total. The highest BCUT2D eigenvalue weighted by Crippen LogP contribution is 2.34. The summed E-state index contributed by atoms with van der Waals surface area (Å²) in [7, 11) is 0. The van der Waals surface area contributed by atoms with Crippen LogP contribution in [0.4, 0.5) is 5.69 Å². The molecule has 0 N–H and O–H groups in total. The van der Waals surface area contributed by atoms with Gasteiger partial charge in [0.15, 0.2) is 0 Å². The normalized spacial score (nSPS) is 17.9. The van der Waals surface area contributed by atoms with Crippen LogP contribution in [0.25, 0.3) is 6.08 Å². The molecule has 1 aromatic rings. The second-order valence-electron chi connectivity index (χ2n) is 4.40. The molecule has 22 heavy (non-hydrogen) atoms. The summed E-state index contributed by atoms with van der Waals surface area (Å²) in [5.74, 6) is -1.92. The van der Waals surface area contributed by atoms with Crippen LogP contribution in [0.5, 0.6) is 0 Å². The first-order chi connectivity index (χ1) is 10.3. The van der Waals surface area contributed by atoms with Gasteiger partial charge in [-0.15, -0.1) is 0 Å². The summed E-state index contributed by atoms with van der Waals surface area (Å²) in [5.41, 5.74) is 0.516. The largest absolute Gasteiger partial charge is 0.548 e. The highest BCUT2D eigenvalue weighted by atomic mass is 32.2. The molecule has 1 aliphatic heterocycles. The maximum absolute atomic E-state index is 12.2. The number of hydrogen-bond donors (Lipinski definition) is 0. The van der Waals surface area contributed by atoms with Crippen molar-refractivity contribution >= 4 is 51.9 Å². The van der Waals surface area contributed by atoms with E-state index < -0.39 is 22.8 Å². The van der Waals surface area contributed by atoms with E-state index in [1.165, 1.54) is 37.3 Å². The van der Waals surface area contributed by atoms with Crippen molar-refractivity contribution in [2.24, 2.45) is 0 Å². The number of nitro groups is 1. The number of non-ortho nitro benzene ring substituents is 1. The Balaban J connectivity index is 2.26. The van der Waals surface area contributed by atoms with Crippen LogP contribution in [0.15, 0.2) is 29.2 Å². The lowest BCUT2D eigenvalue weighted by Crippen LogP contribution is -2.48. The number of hydrogen-bond acceptors (Lipinski definition) is 7. The first-order valence-electron chi connectivity index (χ1n) is 6.03. The highest BCUT2D eigenvalue weighted by molar-refractivity contribution is 8.26. The molecule has 0 saturated carbocycles. The molecule has 0 spiro atoms. The Kier molecular flexibility index (Phi) is 4.57. The molecule has 1 aliphatic rings. The van der Waals surface area contributed by atoms with Crippen molar-refractivity contribution in [3.8, 4) is 0 Å². The average Bonchev–Trinajstić information content (AvgIpc) is 2.73. The molecule has 9 heteroatoms. The fraction of sp³-hybridized carbons (Fsp3) is 0.154. The van der Waals surface area contributed by atoms with Crippen LogP contribution in [0.2, 0.25) is 0 Å². The number of nitrogens with zero attached hydrogens (tertiary/aromatic N) is 2. The monoisotopic (exact) mass is 337 g/mol. The van der Waals surface area contributed by atoms with Crippen LogP contribution < -0.4 is 5.11 Å². The standard InChI is InChI=1S/C13H10N2O5S2/c1-7(12(17)18)14-11(16)10(22-13(14)21)6-8-2-4-9(5-3-8)15(19)20/h2-7H,1H3,(H,17,18)/p-1/b10-6-/t7-/m0/s1. The number of carboxylic acid groups (broad SMARTS) is 1. The summed E-state index contributed by atoms with van der Waals surface area (Å²) in [6, 6.07) is 4.46. The van der Waals surface area contributed by atoms with Crippen molar-refractivity contribution in [3.63, 3.8) is 0 Å². The molecule has 1 atom stereocenters. The predicted octanol–water partition coefficient (Wildman–Crippen LogP) is 0.934. The van der Waals surface area contributed by atoms with Gasteiger partial charge in [-0.05, 0) is 30.7 Å². The minimum atomic E-state index is -1.40. The molecule has 0 radical (unpaired) electrons. The predicted molar refractivity (Wildman–Crippen MR) is 82.6 cm³/mol. The SMILES string of the molecule is C[C@@H](C(=O)[O-])N1C(=O)/C(=C/c2ccc([N+](=O)[O-])cc2)SC1=S. The lowest BCUT2D eigenvalue weighted by molar-refractivity contribution is -0.384. The maximum Gasteiger partial charge on any atom is 0.269 e. The Hall–Kier alpha value is -2.26. The molecule has 114 valence electrons. The van der Waals surface area contributed by atoms with Gasteiger partial charge in [-0.2, -0.15) is 0 Å². The lowest BCUT2D eigenvalue weighted by atomic mass is 10.2. The van der Waals surface area contributed by atoms with Crippen molar-refractivity contribution < 1.29 is 19.6 Å². The number of nitro benzene ring substituents is 1. The summed E-state index contributed by atoms with van der Waals surface area (Å²) < 4.78 is 0.134. The molecule has 0 unspecified atom stereocenters. The van der Waals surface area contributed by atoms with E-state index in [0.717, 1.165) is 16.7 Å². The zero-order valence-corrected chi connectivity index (χ0v) is 12.8. The molecule has 1 fully saturated rings. The van der Waals surface area contributed by atoms with Crippen LogP contribution in [0, 0.1) is 10.1 Å². The van der Waals surface area contributed by atoms with E-state index in [0.29, 0.717) is 5.56 Å². The van der Waals surface area contributed by atoms with Crippen molar-refractivity contribution in [2.45, 2.75) is 13.0 Å². The Labute approximate surface area is 134 Å². The van der Waals surface area contributed by atoms with Gasteiger partial charge in [-0.3, -0.25) is 19.8 Å². The van der Waals surface area contributed by atoms with Gasteiger partial charge in [0.25, 0.3) is 11.6 Å². The Morgan fingerprint density at radius 2 is 2.00 bits per heavy atom. The fourth-order valence-electron chi connectivity index (χ4n) is 1.76. The van der Waals surface area contributed by atoms with Gasteiger partial charge < -0.3 is 9.90 Å². The van der Waals surface area contributed by atoms with Crippen LogP contribution in [0.3, 0.4) is 0 Å². The number of carboxylic acids is 1. The van der Waals surface area contributed by atoms with Gasteiger partial charge in [0.2, 0.25) is 0 Å². The molecule has 1 saturated heterocycles. The van der Waals surface area contributed by atoms with Gasteiger partial charge in [-0.25, -0.2) is 0 Å². The molecule has 0 aliphatic carbocycles. The Morgan fingerprint density at radius 1 is 1.41 bits per heavy atom. The first kappa shape index (κ1) is 16.1. The molecule has 0 bridgehead atoms. The minimum Gasteiger partial charge on any atom is -0.548 e. The number of thiocarbonyl (C=S) groups is 1. The second-order valence-corrected chi connectivity index (χ2v) is 6.07. The lowest BCUT2D eigenvalue weighted by Gasteiger charge is -2.23. The number of carbonyl (C=O) groups is 2. The summed E-state index contributed by atoms with van der Waals surface area (Å²) >= 11 is 5.98. The van der Waals surface area contributed by atoms with Crippen LogP contribution >= 0.6 is 24.0 Å². The van der Waals surface area contributed by atoms with E-state index in [2.05, 4.69) is 0 Å². The summed E-state index contributed by atoms with van der Waals surface area (Å²) in [4.78, 5) is 34.4. The number of rotatable bonds is 4. The van der Waals surface area contributed by atoms with Crippen LogP contribution in [-0.4, -0.2) is 32.1 Å². The van der Waals surface area contributed by atoms with E-state index >= 15 is 0 Å². The van der Waals surface area contributed by atoms with Gasteiger partial charge >= 0.3 is 0 Å². The minimum absolute atomic E-state index is 0.0599. The third kappa shape index (κ3) is 3.15. The van der Waals surface area contributed by atoms with Gasteiger partial charge in [0, 0.05) is 12.1 Å². The zero-order valence-electron chi connectivity index (χ0n) is 11.2. The number of carbonyl (C=O) groups excluding carboxylic acids is 2. The Morgan fingerprint density at radius 3 is 2.50 bits per heavy atom. The maximum atomic E-state index is 12.2. The van der Waals surface area contributed by atoms with E-state index in [1.807, 2.05) is 0 Å². The zero-order chi connectivity index (χ0) is 16.4. The quantitative estimate of drug-likeness (QED) is 0.348. The van der Waals surface area contributed by atoms with Gasteiger partial charge in [0.1, 0.15) is 4.32 Å². The molecule has 1 amide bonds. The topological polar surface area (TPSA) is 104 Å². The van der Waals surface area contributed by atoms with E-state index in [1.54, 1.807) is 0 Å². The summed E-state index contributed by atoms with van der Waals surface area (Å²) in [6.07, 6.45) is 1.50. The number of benzene rings is 1. The summed E-state index contributed by atoms with van der Waals surface area (Å²) in [6.45, 7) is 1.31. The molecular formula is C13H9N2O5S2-. The van der Waals surface area contributed by atoms with E-state index in [-0.39, 0.29) is 14.9 Å². The average molecular weight is 337 g/mol. The third-order valence-corrected chi connectivity index (χ3v) is 4.28. The van der Waals surface area contributed by atoms with Crippen molar-refractivity contribution in [1.29, 1.82) is 0 Å². The summed E-state index contributed by atoms with van der Waals surface area (Å²) in [5, 5.41) is 21.5. The first-order valence-corrected chi connectivity index (χ1v) is 7.26. The van der Waals surface area contributed by atoms with Crippen LogP contribution in [-0.2, 0) is 9.59 Å².